The van der Waals surface area contributed by atoms with Crippen molar-refractivity contribution in [3.63, 3.8) is 0 Å². The predicted octanol–water partition coefficient (Wildman–Crippen LogP) is 4.15. The van der Waals surface area contributed by atoms with Crippen LogP contribution in [-0.2, 0) is 6.18 Å². The van der Waals surface area contributed by atoms with Gasteiger partial charge in [0.25, 0.3) is 5.91 Å². The Morgan fingerprint density at radius 1 is 1.07 bits per heavy atom. The van der Waals surface area contributed by atoms with E-state index in [-0.39, 0.29) is 22.6 Å². The van der Waals surface area contributed by atoms with E-state index in [9.17, 15) is 18.0 Å². The van der Waals surface area contributed by atoms with Crippen LogP contribution in [0.2, 0.25) is 0 Å². The highest BCUT2D eigenvalue weighted by atomic mass is 32.2. The summed E-state index contributed by atoms with van der Waals surface area (Å²) in [6, 6.07) is 13.6. The van der Waals surface area contributed by atoms with E-state index >= 15 is 0 Å². The molecule has 29 heavy (non-hydrogen) atoms. The second-order valence-electron chi connectivity index (χ2n) is 6.42. The summed E-state index contributed by atoms with van der Waals surface area (Å²) >= 11 is 1.19. The van der Waals surface area contributed by atoms with E-state index in [1.807, 2.05) is 30.3 Å². The number of halogens is 3. The lowest BCUT2D eigenvalue weighted by Gasteiger charge is -2.13. The average Bonchev–Trinajstić information content (AvgIpc) is 3.14. The number of nitrogens with zero attached hydrogens (tertiary/aromatic N) is 5. The van der Waals surface area contributed by atoms with Gasteiger partial charge in [-0.1, -0.05) is 30.0 Å². The zero-order chi connectivity index (χ0) is 20.8. The summed E-state index contributed by atoms with van der Waals surface area (Å²) in [7, 11) is 3.14. The normalized spacial score (nSPS) is 11.9. The number of carbonyl (C=O) groups is 1. The van der Waals surface area contributed by atoms with Gasteiger partial charge in [-0.2, -0.15) is 13.2 Å². The molecule has 0 spiro atoms. The van der Waals surface area contributed by atoms with Crippen LogP contribution in [0.25, 0.3) is 16.7 Å². The Balaban J connectivity index is 2.00. The SMILES string of the molecule is CN(C)C(=O)c1ccc2nc(Sc3ccccc3)c3nnc(C(F)(F)F)n3c2c1. The lowest BCUT2D eigenvalue weighted by Crippen LogP contribution is -2.21. The van der Waals surface area contributed by atoms with E-state index in [0.717, 1.165) is 9.30 Å². The zero-order valence-corrected chi connectivity index (χ0v) is 16.1. The van der Waals surface area contributed by atoms with Crippen molar-refractivity contribution in [2.24, 2.45) is 0 Å². The highest BCUT2D eigenvalue weighted by Gasteiger charge is 2.38. The van der Waals surface area contributed by atoms with E-state index in [0.29, 0.717) is 10.5 Å². The van der Waals surface area contributed by atoms with Crippen molar-refractivity contribution in [1.29, 1.82) is 0 Å². The molecule has 2 aromatic carbocycles. The largest absolute Gasteiger partial charge is 0.452 e. The molecule has 0 bridgehead atoms. The average molecular weight is 417 g/mol. The molecular weight excluding hydrogens is 403 g/mol. The smallest absolute Gasteiger partial charge is 0.345 e. The lowest BCUT2D eigenvalue weighted by atomic mass is 10.1. The van der Waals surface area contributed by atoms with Crippen molar-refractivity contribution in [2.45, 2.75) is 16.1 Å². The molecule has 1 amide bonds. The van der Waals surface area contributed by atoms with Crippen LogP contribution in [0.15, 0.2) is 58.5 Å². The van der Waals surface area contributed by atoms with Gasteiger partial charge < -0.3 is 4.90 Å². The molecule has 10 heteroatoms. The Morgan fingerprint density at radius 2 is 1.79 bits per heavy atom. The molecule has 148 valence electrons. The monoisotopic (exact) mass is 417 g/mol. The molecule has 0 N–H and O–H groups in total. The van der Waals surface area contributed by atoms with Gasteiger partial charge in [0, 0.05) is 24.6 Å². The molecule has 0 unspecified atom stereocenters. The van der Waals surface area contributed by atoms with Crippen molar-refractivity contribution in [3.8, 4) is 0 Å². The summed E-state index contributed by atoms with van der Waals surface area (Å²) in [5.74, 6) is -1.49. The van der Waals surface area contributed by atoms with Crippen LogP contribution < -0.4 is 0 Å². The Morgan fingerprint density at radius 3 is 2.45 bits per heavy atom. The third kappa shape index (κ3) is 3.51. The molecule has 0 saturated heterocycles. The molecule has 2 aromatic heterocycles. The van der Waals surface area contributed by atoms with Crippen LogP contribution in [0.1, 0.15) is 16.2 Å². The number of benzene rings is 2. The first-order valence-electron chi connectivity index (χ1n) is 8.46. The molecule has 0 saturated carbocycles. The minimum atomic E-state index is -4.72. The summed E-state index contributed by atoms with van der Waals surface area (Å²) < 4.78 is 41.7. The summed E-state index contributed by atoms with van der Waals surface area (Å²) in [5, 5.41) is 7.41. The van der Waals surface area contributed by atoms with Gasteiger partial charge >= 0.3 is 6.18 Å². The number of alkyl halides is 3. The molecule has 2 heterocycles. The summed E-state index contributed by atoms with van der Waals surface area (Å²) in [6.45, 7) is 0. The fourth-order valence-electron chi connectivity index (χ4n) is 2.85. The van der Waals surface area contributed by atoms with Crippen LogP contribution in [0, 0.1) is 0 Å². The van der Waals surface area contributed by atoms with E-state index in [4.69, 9.17) is 0 Å². The van der Waals surface area contributed by atoms with Gasteiger partial charge in [-0.15, -0.1) is 10.2 Å². The van der Waals surface area contributed by atoms with Crippen LogP contribution in [0.5, 0.6) is 0 Å². The number of rotatable bonds is 3. The van der Waals surface area contributed by atoms with Crippen molar-refractivity contribution in [1.82, 2.24) is 24.5 Å². The number of amides is 1. The summed E-state index contributed by atoms with van der Waals surface area (Å²) in [5.41, 5.74) is 0.642. The quantitative estimate of drug-likeness (QED) is 0.501. The van der Waals surface area contributed by atoms with E-state index in [1.54, 1.807) is 14.1 Å². The number of carbonyl (C=O) groups excluding carboxylic acids is 1. The standard InChI is InChI=1S/C19H14F3N5OS/c1-26(2)17(28)11-8-9-13-14(10-11)27-15(24-25-18(27)19(20,21)22)16(23-13)29-12-6-4-3-5-7-12/h3-10H,1-2H3. The molecule has 4 aromatic rings. The maximum Gasteiger partial charge on any atom is 0.452 e. The van der Waals surface area contributed by atoms with Gasteiger partial charge in [0.1, 0.15) is 5.03 Å². The molecule has 0 radical (unpaired) electrons. The molecule has 4 rings (SSSR count). The Kier molecular flexibility index (Phi) is 4.65. The third-order valence-corrected chi connectivity index (χ3v) is 5.13. The fourth-order valence-corrected chi connectivity index (χ4v) is 3.73. The number of hydrogen-bond donors (Lipinski definition) is 0. The first-order chi connectivity index (χ1) is 13.8. The number of aromatic nitrogens is 4. The van der Waals surface area contributed by atoms with Crippen LogP contribution in [-0.4, -0.2) is 44.5 Å². The van der Waals surface area contributed by atoms with E-state index in [1.165, 1.54) is 34.9 Å². The lowest BCUT2D eigenvalue weighted by molar-refractivity contribution is -0.145. The maximum atomic E-state index is 13.6. The summed E-state index contributed by atoms with van der Waals surface area (Å²) in [4.78, 5) is 18.9. The Hall–Kier alpha value is -3.14. The van der Waals surface area contributed by atoms with E-state index in [2.05, 4.69) is 15.2 Å². The minimum absolute atomic E-state index is 0.0202. The molecule has 0 aliphatic carbocycles. The molecule has 0 fully saturated rings. The van der Waals surface area contributed by atoms with Gasteiger partial charge in [-0.3, -0.25) is 9.20 Å². The maximum absolute atomic E-state index is 13.6. The second-order valence-corrected chi connectivity index (χ2v) is 7.48. The predicted molar refractivity (Wildman–Crippen MR) is 102 cm³/mol. The van der Waals surface area contributed by atoms with Crippen molar-refractivity contribution >= 4 is 34.3 Å². The van der Waals surface area contributed by atoms with Gasteiger partial charge in [0.2, 0.25) is 5.82 Å². The van der Waals surface area contributed by atoms with Crippen LogP contribution in [0.3, 0.4) is 0 Å². The summed E-state index contributed by atoms with van der Waals surface area (Å²) in [6.07, 6.45) is -4.72. The highest BCUT2D eigenvalue weighted by Crippen LogP contribution is 2.35. The first kappa shape index (κ1) is 19.2. The topological polar surface area (TPSA) is 63.4 Å². The number of fused-ring (bicyclic) bond motifs is 3. The Bertz CT molecular complexity index is 1220. The molecule has 0 atom stereocenters. The van der Waals surface area contributed by atoms with Gasteiger partial charge in [0.15, 0.2) is 5.65 Å². The number of hydrogen-bond acceptors (Lipinski definition) is 5. The minimum Gasteiger partial charge on any atom is -0.345 e. The van der Waals surface area contributed by atoms with Crippen LogP contribution in [0.4, 0.5) is 13.2 Å². The van der Waals surface area contributed by atoms with Gasteiger partial charge in [-0.05, 0) is 30.3 Å². The third-order valence-electron chi connectivity index (χ3n) is 4.16. The Labute approximate surface area is 167 Å². The fraction of sp³-hybridized carbons (Fsp3) is 0.158. The zero-order valence-electron chi connectivity index (χ0n) is 15.3. The first-order valence-corrected chi connectivity index (χ1v) is 9.28. The molecule has 0 aliphatic heterocycles. The molecule has 0 aliphatic rings. The molecular formula is C19H14F3N5OS. The van der Waals surface area contributed by atoms with Crippen molar-refractivity contribution in [2.75, 3.05) is 14.1 Å². The highest BCUT2D eigenvalue weighted by molar-refractivity contribution is 7.99. The second kappa shape index (κ2) is 7.03. The van der Waals surface area contributed by atoms with Crippen molar-refractivity contribution in [3.05, 3.63) is 59.9 Å². The van der Waals surface area contributed by atoms with Crippen LogP contribution >= 0.6 is 11.8 Å². The van der Waals surface area contributed by atoms with E-state index < -0.39 is 12.0 Å². The molecule has 6 nitrogen and oxygen atoms in total. The van der Waals surface area contributed by atoms with Crippen molar-refractivity contribution < 1.29 is 18.0 Å². The van der Waals surface area contributed by atoms with Gasteiger partial charge in [-0.25, -0.2) is 4.98 Å². The van der Waals surface area contributed by atoms with Gasteiger partial charge in [0.05, 0.1) is 11.0 Å².